The van der Waals surface area contributed by atoms with Crippen LogP contribution in [0.25, 0.3) is 11.3 Å². The molecule has 0 fully saturated rings. The summed E-state index contributed by atoms with van der Waals surface area (Å²) < 4.78 is 5.51. The van der Waals surface area contributed by atoms with Crippen molar-refractivity contribution in [3.63, 3.8) is 0 Å². The number of H-pyrrole nitrogens is 1. The van der Waals surface area contributed by atoms with E-state index < -0.39 is 0 Å². The minimum Gasteiger partial charge on any atom is -0.493 e. The van der Waals surface area contributed by atoms with Gasteiger partial charge in [0.2, 0.25) is 0 Å². The summed E-state index contributed by atoms with van der Waals surface area (Å²) in [6, 6.07) is 7.79. The summed E-state index contributed by atoms with van der Waals surface area (Å²) >= 11 is 0. The molecule has 0 saturated heterocycles. The lowest BCUT2D eigenvalue weighted by atomic mass is 10.1. The van der Waals surface area contributed by atoms with E-state index in [-0.39, 0.29) is 0 Å². The number of nitrogens with one attached hydrogen (secondary N) is 1. The van der Waals surface area contributed by atoms with E-state index in [0.29, 0.717) is 12.6 Å². The second-order valence-corrected chi connectivity index (χ2v) is 3.11. The number of rotatable bonds is 3. The fourth-order valence-electron chi connectivity index (χ4n) is 1.44. The van der Waals surface area contributed by atoms with Crippen molar-refractivity contribution in [3.8, 4) is 17.0 Å². The molecule has 0 aliphatic carbocycles. The zero-order valence-electron chi connectivity index (χ0n) is 8.53. The first-order chi connectivity index (χ1) is 7.31. The number of aromatic amines is 1. The second kappa shape index (κ2) is 4.04. The van der Waals surface area contributed by atoms with Crippen LogP contribution in [0.15, 0.2) is 30.5 Å². The molecule has 0 unspecified atom stereocenters. The van der Waals surface area contributed by atoms with Crippen LogP contribution in [-0.2, 0) is 0 Å². The SMILES string of the molecule is CCOc1ccccc1-c1cnc(N)[nH]1. The molecule has 0 amide bonds. The summed E-state index contributed by atoms with van der Waals surface area (Å²) in [5.74, 6) is 1.25. The monoisotopic (exact) mass is 203 g/mol. The Kier molecular flexibility index (Phi) is 2.58. The fraction of sp³-hybridized carbons (Fsp3) is 0.182. The zero-order chi connectivity index (χ0) is 10.7. The van der Waals surface area contributed by atoms with Gasteiger partial charge in [-0.05, 0) is 19.1 Å². The first kappa shape index (κ1) is 9.58. The fourth-order valence-corrected chi connectivity index (χ4v) is 1.44. The van der Waals surface area contributed by atoms with Gasteiger partial charge in [0.1, 0.15) is 5.75 Å². The van der Waals surface area contributed by atoms with Crippen molar-refractivity contribution in [2.45, 2.75) is 6.92 Å². The van der Waals surface area contributed by atoms with Gasteiger partial charge in [-0.3, -0.25) is 0 Å². The molecule has 3 N–H and O–H groups in total. The van der Waals surface area contributed by atoms with Gasteiger partial charge in [0, 0.05) is 5.56 Å². The highest BCUT2D eigenvalue weighted by molar-refractivity contribution is 5.67. The van der Waals surface area contributed by atoms with Crippen molar-refractivity contribution in [2.24, 2.45) is 0 Å². The Balaban J connectivity index is 2.42. The van der Waals surface area contributed by atoms with E-state index in [1.165, 1.54) is 0 Å². The lowest BCUT2D eigenvalue weighted by Gasteiger charge is -2.07. The van der Waals surface area contributed by atoms with E-state index in [0.717, 1.165) is 17.0 Å². The maximum Gasteiger partial charge on any atom is 0.197 e. The highest BCUT2D eigenvalue weighted by atomic mass is 16.5. The Morgan fingerprint density at radius 3 is 2.87 bits per heavy atom. The number of para-hydroxylation sites is 1. The molecular formula is C11H13N3O. The predicted molar refractivity (Wildman–Crippen MR) is 59.6 cm³/mol. The van der Waals surface area contributed by atoms with Gasteiger partial charge in [-0.1, -0.05) is 12.1 Å². The first-order valence-corrected chi connectivity index (χ1v) is 4.84. The molecule has 0 atom stereocenters. The maximum absolute atomic E-state index is 5.53. The Morgan fingerprint density at radius 2 is 2.20 bits per heavy atom. The van der Waals surface area contributed by atoms with Gasteiger partial charge in [0.25, 0.3) is 0 Å². The first-order valence-electron chi connectivity index (χ1n) is 4.84. The number of hydrogen-bond donors (Lipinski definition) is 2. The van der Waals surface area contributed by atoms with Crippen LogP contribution in [0.5, 0.6) is 5.75 Å². The lowest BCUT2D eigenvalue weighted by Crippen LogP contribution is -1.94. The van der Waals surface area contributed by atoms with Gasteiger partial charge < -0.3 is 15.5 Å². The predicted octanol–water partition coefficient (Wildman–Crippen LogP) is 2.06. The van der Waals surface area contributed by atoms with Crippen LogP contribution in [0.1, 0.15) is 6.92 Å². The van der Waals surface area contributed by atoms with Gasteiger partial charge in [0.05, 0.1) is 18.5 Å². The number of nitrogen functional groups attached to an aromatic ring is 1. The van der Waals surface area contributed by atoms with Crippen LogP contribution in [0, 0.1) is 0 Å². The third kappa shape index (κ3) is 1.93. The van der Waals surface area contributed by atoms with Crippen molar-refractivity contribution >= 4 is 5.95 Å². The summed E-state index contributed by atoms with van der Waals surface area (Å²) in [5.41, 5.74) is 7.38. The molecule has 15 heavy (non-hydrogen) atoms. The van der Waals surface area contributed by atoms with Crippen LogP contribution < -0.4 is 10.5 Å². The lowest BCUT2D eigenvalue weighted by molar-refractivity contribution is 0.341. The zero-order valence-corrected chi connectivity index (χ0v) is 8.53. The average molecular weight is 203 g/mol. The molecule has 0 aliphatic heterocycles. The Hall–Kier alpha value is -1.97. The van der Waals surface area contributed by atoms with Crippen molar-refractivity contribution in [1.82, 2.24) is 9.97 Å². The van der Waals surface area contributed by atoms with Gasteiger partial charge in [-0.15, -0.1) is 0 Å². The third-order valence-electron chi connectivity index (χ3n) is 2.07. The number of ether oxygens (including phenoxy) is 1. The molecule has 0 bridgehead atoms. The quantitative estimate of drug-likeness (QED) is 0.802. The van der Waals surface area contributed by atoms with E-state index in [1.807, 2.05) is 31.2 Å². The number of benzene rings is 1. The molecular weight excluding hydrogens is 190 g/mol. The summed E-state index contributed by atoms with van der Waals surface area (Å²) in [6.45, 7) is 2.60. The minimum absolute atomic E-state index is 0.413. The highest BCUT2D eigenvalue weighted by Gasteiger charge is 2.06. The molecule has 0 spiro atoms. The van der Waals surface area contributed by atoms with Crippen molar-refractivity contribution in [1.29, 1.82) is 0 Å². The second-order valence-electron chi connectivity index (χ2n) is 3.11. The van der Waals surface area contributed by atoms with Crippen molar-refractivity contribution in [3.05, 3.63) is 30.5 Å². The summed E-state index contributed by atoms with van der Waals surface area (Å²) in [7, 11) is 0. The standard InChI is InChI=1S/C11H13N3O/c1-2-15-10-6-4-3-5-8(10)9-7-13-11(12)14-9/h3-7H,2H2,1H3,(H3,12,13,14). The molecule has 1 heterocycles. The van der Waals surface area contributed by atoms with Gasteiger partial charge in [-0.25, -0.2) is 4.98 Å². The molecule has 4 nitrogen and oxygen atoms in total. The van der Waals surface area contributed by atoms with Crippen molar-refractivity contribution < 1.29 is 4.74 Å². The van der Waals surface area contributed by atoms with Gasteiger partial charge >= 0.3 is 0 Å². The summed E-state index contributed by atoms with van der Waals surface area (Å²) in [6.07, 6.45) is 1.70. The number of nitrogens with zero attached hydrogens (tertiary/aromatic N) is 1. The molecule has 0 aliphatic rings. The largest absolute Gasteiger partial charge is 0.493 e. The molecule has 1 aromatic heterocycles. The molecule has 2 aromatic rings. The highest BCUT2D eigenvalue weighted by Crippen LogP contribution is 2.28. The number of nitrogens with two attached hydrogens (primary N) is 1. The number of hydrogen-bond acceptors (Lipinski definition) is 3. The Labute approximate surface area is 88.1 Å². The normalized spacial score (nSPS) is 10.2. The van der Waals surface area contributed by atoms with Gasteiger partial charge in [0.15, 0.2) is 5.95 Å². The molecule has 0 radical (unpaired) electrons. The van der Waals surface area contributed by atoms with Crippen LogP contribution in [0.4, 0.5) is 5.95 Å². The van der Waals surface area contributed by atoms with E-state index in [2.05, 4.69) is 9.97 Å². The maximum atomic E-state index is 5.53. The van der Waals surface area contributed by atoms with Crippen molar-refractivity contribution in [2.75, 3.05) is 12.3 Å². The summed E-state index contributed by atoms with van der Waals surface area (Å²) in [5, 5.41) is 0. The van der Waals surface area contributed by atoms with Crippen LogP contribution in [0.3, 0.4) is 0 Å². The topological polar surface area (TPSA) is 63.9 Å². The van der Waals surface area contributed by atoms with E-state index in [4.69, 9.17) is 10.5 Å². The van der Waals surface area contributed by atoms with Gasteiger partial charge in [-0.2, -0.15) is 0 Å². The van der Waals surface area contributed by atoms with E-state index >= 15 is 0 Å². The van der Waals surface area contributed by atoms with Crippen LogP contribution in [-0.4, -0.2) is 16.6 Å². The molecule has 78 valence electrons. The number of imidazole rings is 1. The summed E-state index contributed by atoms with van der Waals surface area (Å²) in [4.78, 5) is 6.94. The Morgan fingerprint density at radius 1 is 1.40 bits per heavy atom. The van der Waals surface area contributed by atoms with Crippen LogP contribution in [0.2, 0.25) is 0 Å². The molecule has 2 rings (SSSR count). The smallest absolute Gasteiger partial charge is 0.197 e. The van der Waals surface area contributed by atoms with Crippen LogP contribution >= 0.6 is 0 Å². The average Bonchev–Trinajstić information content (AvgIpc) is 2.66. The minimum atomic E-state index is 0.413. The van der Waals surface area contributed by atoms with E-state index in [1.54, 1.807) is 6.20 Å². The molecule has 0 saturated carbocycles. The molecule has 1 aromatic carbocycles. The molecule has 4 heteroatoms. The third-order valence-corrected chi connectivity index (χ3v) is 2.07. The number of aromatic nitrogens is 2. The number of anilines is 1. The van der Waals surface area contributed by atoms with E-state index in [9.17, 15) is 0 Å². The Bertz CT molecular complexity index is 451.